The van der Waals surface area contributed by atoms with E-state index < -0.39 is 11.4 Å². The molecule has 0 aliphatic carbocycles. The van der Waals surface area contributed by atoms with Crippen LogP contribution < -0.4 is 5.73 Å². The Bertz CT molecular complexity index is 536. The summed E-state index contributed by atoms with van der Waals surface area (Å²) in [6.07, 6.45) is 1.56. The monoisotopic (exact) mass is 248 g/mol. The van der Waals surface area contributed by atoms with E-state index in [1.54, 1.807) is 25.1 Å². The molecular formula is C14H14F2N2. The second-order valence-corrected chi connectivity index (χ2v) is 4.59. The first-order chi connectivity index (χ1) is 8.47. The Kier molecular flexibility index (Phi) is 3.39. The van der Waals surface area contributed by atoms with E-state index in [9.17, 15) is 8.78 Å². The summed E-state index contributed by atoms with van der Waals surface area (Å²) >= 11 is 0. The summed E-state index contributed by atoms with van der Waals surface area (Å²) in [6.45, 7) is 1.79. The van der Waals surface area contributed by atoms with Gasteiger partial charge >= 0.3 is 0 Å². The Hall–Kier alpha value is -1.81. The van der Waals surface area contributed by atoms with Gasteiger partial charge in [-0.05, 0) is 43.2 Å². The molecule has 2 rings (SSSR count). The Morgan fingerprint density at radius 3 is 2.56 bits per heavy atom. The molecule has 0 saturated carbocycles. The average molecular weight is 248 g/mol. The molecule has 0 aliphatic rings. The molecule has 1 aromatic heterocycles. The summed E-state index contributed by atoms with van der Waals surface area (Å²) in [5.74, 6) is -0.698. The molecule has 0 spiro atoms. The lowest BCUT2D eigenvalue weighted by Gasteiger charge is -2.24. The second-order valence-electron chi connectivity index (χ2n) is 4.59. The standard InChI is InChI=1S/C14H14F2N2/c1-14(17,13-6-5-12(16)9-18-13)8-10-3-2-4-11(15)7-10/h2-7,9H,8,17H2,1H3. The number of hydrogen-bond donors (Lipinski definition) is 1. The SMILES string of the molecule is CC(N)(Cc1cccc(F)c1)c1ccc(F)cn1. The van der Waals surface area contributed by atoms with E-state index in [1.165, 1.54) is 18.2 Å². The molecule has 0 aliphatic heterocycles. The molecule has 94 valence electrons. The second kappa shape index (κ2) is 4.82. The maximum atomic E-state index is 13.1. The van der Waals surface area contributed by atoms with E-state index in [0.717, 1.165) is 11.8 Å². The van der Waals surface area contributed by atoms with Gasteiger partial charge in [0, 0.05) is 0 Å². The van der Waals surface area contributed by atoms with Crippen molar-refractivity contribution >= 4 is 0 Å². The van der Waals surface area contributed by atoms with E-state index in [4.69, 9.17) is 5.73 Å². The van der Waals surface area contributed by atoms with E-state index in [0.29, 0.717) is 12.1 Å². The normalized spacial score (nSPS) is 14.2. The van der Waals surface area contributed by atoms with Crippen LogP contribution in [0.5, 0.6) is 0 Å². The van der Waals surface area contributed by atoms with Crippen LogP contribution in [0.1, 0.15) is 18.2 Å². The molecule has 0 saturated heterocycles. The zero-order chi connectivity index (χ0) is 13.2. The fourth-order valence-corrected chi connectivity index (χ4v) is 1.88. The van der Waals surface area contributed by atoms with Gasteiger partial charge in [-0.2, -0.15) is 0 Å². The third kappa shape index (κ3) is 2.90. The minimum atomic E-state index is -0.762. The zero-order valence-electron chi connectivity index (χ0n) is 10.0. The van der Waals surface area contributed by atoms with Crippen LogP contribution >= 0.6 is 0 Å². The molecule has 1 atom stereocenters. The van der Waals surface area contributed by atoms with Gasteiger partial charge in [0.15, 0.2) is 0 Å². The Labute approximate surface area is 104 Å². The summed E-state index contributed by atoms with van der Waals surface area (Å²) in [4.78, 5) is 3.97. The van der Waals surface area contributed by atoms with Crippen LogP contribution in [-0.4, -0.2) is 4.98 Å². The van der Waals surface area contributed by atoms with Crippen LogP contribution in [0.3, 0.4) is 0 Å². The van der Waals surface area contributed by atoms with Crippen molar-refractivity contribution in [2.24, 2.45) is 5.73 Å². The average Bonchev–Trinajstić information content (AvgIpc) is 2.29. The van der Waals surface area contributed by atoms with E-state index in [1.807, 2.05) is 0 Å². The van der Waals surface area contributed by atoms with Gasteiger partial charge in [0.1, 0.15) is 11.6 Å². The summed E-state index contributed by atoms with van der Waals surface area (Å²) in [5, 5.41) is 0. The number of nitrogens with two attached hydrogens (primary N) is 1. The van der Waals surface area contributed by atoms with Gasteiger partial charge < -0.3 is 5.73 Å². The molecule has 0 bridgehead atoms. The quantitative estimate of drug-likeness (QED) is 0.907. The van der Waals surface area contributed by atoms with Gasteiger partial charge in [-0.15, -0.1) is 0 Å². The molecule has 4 heteroatoms. The molecule has 0 radical (unpaired) electrons. The molecule has 1 heterocycles. The smallest absolute Gasteiger partial charge is 0.141 e. The van der Waals surface area contributed by atoms with Crippen molar-refractivity contribution < 1.29 is 8.78 Å². The maximum absolute atomic E-state index is 13.1. The van der Waals surface area contributed by atoms with E-state index in [2.05, 4.69) is 4.98 Å². The highest BCUT2D eigenvalue weighted by atomic mass is 19.1. The predicted molar refractivity (Wildman–Crippen MR) is 65.8 cm³/mol. The molecule has 2 nitrogen and oxygen atoms in total. The third-order valence-corrected chi connectivity index (χ3v) is 2.77. The topological polar surface area (TPSA) is 38.9 Å². The van der Waals surface area contributed by atoms with Crippen LogP contribution in [0.4, 0.5) is 8.78 Å². The molecule has 2 aromatic rings. The van der Waals surface area contributed by atoms with Crippen molar-refractivity contribution in [3.05, 3.63) is 65.5 Å². The minimum Gasteiger partial charge on any atom is -0.320 e. The Balaban J connectivity index is 2.23. The summed E-state index contributed by atoms with van der Waals surface area (Å²) in [6, 6.07) is 9.13. The van der Waals surface area contributed by atoms with Gasteiger partial charge in [0.25, 0.3) is 0 Å². The van der Waals surface area contributed by atoms with Gasteiger partial charge in [0.2, 0.25) is 0 Å². The van der Waals surface area contributed by atoms with Gasteiger partial charge in [-0.3, -0.25) is 4.98 Å². The van der Waals surface area contributed by atoms with Crippen LogP contribution in [0.2, 0.25) is 0 Å². The van der Waals surface area contributed by atoms with Gasteiger partial charge in [-0.25, -0.2) is 8.78 Å². The number of pyridine rings is 1. The van der Waals surface area contributed by atoms with E-state index >= 15 is 0 Å². The molecule has 2 N–H and O–H groups in total. The predicted octanol–water partition coefficient (Wildman–Crippen LogP) is 2.78. The lowest BCUT2D eigenvalue weighted by atomic mass is 9.90. The van der Waals surface area contributed by atoms with Crippen molar-refractivity contribution in [3.8, 4) is 0 Å². The number of halogens is 2. The summed E-state index contributed by atoms with van der Waals surface area (Å²) in [7, 11) is 0. The molecule has 1 aromatic carbocycles. The first kappa shape index (κ1) is 12.6. The van der Waals surface area contributed by atoms with Crippen LogP contribution in [-0.2, 0) is 12.0 Å². The number of hydrogen-bond acceptors (Lipinski definition) is 2. The highest BCUT2D eigenvalue weighted by Gasteiger charge is 2.23. The van der Waals surface area contributed by atoms with Gasteiger partial charge in [-0.1, -0.05) is 12.1 Å². The highest BCUT2D eigenvalue weighted by molar-refractivity contribution is 5.23. The van der Waals surface area contributed by atoms with Gasteiger partial charge in [0.05, 0.1) is 17.4 Å². The number of rotatable bonds is 3. The van der Waals surface area contributed by atoms with Crippen molar-refractivity contribution in [1.82, 2.24) is 4.98 Å². The molecular weight excluding hydrogens is 234 g/mol. The third-order valence-electron chi connectivity index (χ3n) is 2.77. The van der Waals surface area contributed by atoms with Crippen LogP contribution in [0, 0.1) is 11.6 Å². The first-order valence-corrected chi connectivity index (χ1v) is 5.63. The highest BCUT2D eigenvalue weighted by Crippen LogP contribution is 2.21. The van der Waals surface area contributed by atoms with Crippen molar-refractivity contribution in [2.75, 3.05) is 0 Å². The number of aromatic nitrogens is 1. The zero-order valence-corrected chi connectivity index (χ0v) is 10.0. The minimum absolute atomic E-state index is 0.296. The summed E-state index contributed by atoms with van der Waals surface area (Å²) in [5.41, 5.74) is 6.76. The van der Waals surface area contributed by atoms with Crippen LogP contribution in [0.25, 0.3) is 0 Å². The lowest BCUT2D eigenvalue weighted by Crippen LogP contribution is -2.36. The van der Waals surface area contributed by atoms with E-state index in [-0.39, 0.29) is 5.82 Å². The Morgan fingerprint density at radius 2 is 1.94 bits per heavy atom. The molecule has 0 fully saturated rings. The maximum Gasteiger partial charge on any atom is 0.141 e. The molecule has 0 amide bonds. The van der Waals surface area contributed by atoms with Crippen molar-refractivity contribution in [2.45, 2.75) is 18.9 Å². The largest absolute Gasteiger partial charge is 0.320 e. The fraction of sp³-hybridized carbons (Fsp3) is 0.214. The Morgan fingerprint density at radius 1 is 1.17 bits per heavy atom. The summed E-state index contributed by atoms with van der Waals surface area (Å²) < 4.78 is 25.9. The van der Waals surface area contributed by atoms with Crippen molar-refractivity contribution in [1.29, 1.82) is 0 Å². The van der Waals surface area contributed by atoms with Crippen LogP contribution in [0.15, 0.2) is 42.6 Å². The number of benzene rings is 1. The molecule has 1 unspecified atom stereocenters. The fourth-order valence-electron chi connectivity index (χ4n) is 1.88. The van der Waals surface area contributed by atoms with Crippen molar-refractivity contribution in [3.63, 3.8) is 0 Å². The lowest BCUT2D eigenvalue weighted by molar-refractivity contribution is 0.471. The first-order valence-electron chi connectivity index (χ1n) is 5.63. The molecule has 18 heavy (non-hydrogen) atoms. The number of nitrogens with zero attached hydrogens (tertiary/aromatic N) is 1.